The highest BCUT2D eigenvalue weighted by Gasteiger charge is 2.27. The molecule has 2 aromatic rings. The van der Waals surface area contributed by atoms with Crippen molar-refractivity contribution < 1.29 is 13.9 Å². The molecule has 1 aliphatic heterocycles. The summed E-state index contributed by atoms with van der Waals surface area (Å²) in [6, 6.07) is 6.95. The summed E-state index contributed by atoms with van der Waals surface area (Å²) >= 11 is 12.0. The third-order valence-corrected chi connectivity index (χ3v) is 3.81. The fourth-order valence-electron chi connectivity index (χ4n) is 2.37. The molecule has 1 unspecified atom stereocenters. The van der Waals surface area contributed by atoms with E-state index >= 15 is 0 Å². The van der Waals surface area contributed by atoms with Gasteiger partial charge >= 0.3 is 0 Å². The van der Waals surface area contributed by atoms with Gasteiger partial charge in [0.15, 0.2) is 0 Å². The van der Waals surface area contributed by atoms with E-state index in [0.29, 0.717) is 35.3 Å². The van der Waals surface area contributed by atoms with Crippen molar-refractivity contribution in [1.29, 1.82) is 0 Å². The molecule has 0 spiro atoms. The fraction of sp³-hybridized carbons (Fsp3) is 0.267. The minimum atomic E-state index is -0.231. The van der Waals surface area contributed by atoms with E-state index in [1.807, 2.05) is 12.1 Å². The number of benzene rings is 1. The van der Waals surface area contributed by atoms with Gasteiger partial charge in [0, 0.05) is 16.6 Å². The predicted octanol–water partition coefficient (Wildman–Crippen LogP) is 3.80. The van der Waals surface area contributed by atoms with Crippen LogP contribution in [-0.2, 0) is 4.74 Å². The highest BCUT2D eigenvalue weighted by atomic mass is 35.5. The maximum Gasteiger partial charge on any atom is 0.257 e. The van der Waals surface area contributed by atoms with Gasteiger partial charge in [-0.3, -0.25) is 4.79 Å². The second-order valence-electron chi connectivity index (χ2n) is 4.83. The first kappa shape index (κ1) is 14.4. The summed E-state index contributed by atoms with van der Waals surface area (Å²) in [6.07, 6.45) is 2.70. The smallest absolute Gasteiger partial charge is 0.257 e. The van der Waals surface area contributed by atoms with Crippen LogP contribution in [0.2, 0.25) is 10.0 Å². The van der Waals surface area contributed by atoms with Crippen molar-refractivity contribution in [3.63, 3.8) is 0 Å². The molecular formula is C15H13Cl2NO3. The molecule has 0 N–H and O–H groups in total. The van der Waals surface area contributed by atoms with E-state index in [2.05, 4.69) is 0 Å². The fourth-order valence-corrected chi connectivity index (χ4v) is 2.91. The number of amides is 1. The van der Waals surface area contributed by atoms with Crippen LogP contribution in [0, 0.1) is 0 Å². The molecule has 1 amide bonds. The van der Waals surface area contributed by atoms with Gasteiger partial charge in [0.1, 0.15) is 12.4 Å². The largest absolute Gasteiger partial charge is 0.472 e. The quantitative estimate of drug-likeness (QED) is 0.843. The number of morpholine rings is 1. The summed E-state index contributed by atoms with van der Waals surface area (Å²) in [5, 5.41) is 1.11. The molecule has 0 bridgehead atoms. The van der Waals surface area contributed by atoms with Gasteiger partial charge in [0.2, 0.25) is 0 Å². The van der Waals surface area contributed by atoms with Crippen LogP contribution in [0.15, 0.2) is 41.2 Å². The number of carbonyl (C=O) groups is 1. The van der Waals surface area contributed by atoms with Gasteiger partial charge in [-0.2, -0.15) is 0 Å². The number of hydrogen-bond acceptors (Lipinski definition) is 3. The second-order valence-corrected chi connectivity index (χ2v) is 5.70. The molecule has 3 rings (SSSR count). The summed E-state index contributed by atoms with van der Waals surface area (Å²) in [5.41, 5.74) is 1.41. The second kappa shape index (κ2) is 6.10. The number of rotatable bonds is 2. The number of ether oxygens (including phenoxy) is 1. The number of carbonyl (C=O) groups excluding carboxylic acids is 1. The summed E-state index contributed by atoms with van der Waals surface area (Å²) in [5.74, 6) is -0.0647. The van der Waals surface area contributed by atoms with Crippen LogP contribution < -0.4 is 0 Å². The van der Waals surface area contributed by atoms with Crippen LogP contribution in [0.5, 0.6) is 0 Å². The molecule has 1 fully saturated rings. The van der Waals surface area contributed by atoms with Gasteiger partial charge in [-0.15, -0.1) is 0 Å². The van der Waals surface area contributed by atoms with E-state index in [-0.39, 0.29) is 12.0 Å². The first-order chi connectivity index (χ1) is 10.1. The molecule has 21 heavy (non-hydrogen) atoms. The monoisotopic (exact) mass is 325 g/mol. The lowest BCUT2D eigenvalue weighted by molar-refractivity contribution is -0.0228. The Kier molecular flexibility index (Phi) is 4.19. The highest BCUT2D eigenvalue weighted by Crippen LogP contribution is 2.28. The summed E-state index contributed by atoms with van der Waals surface area (Å²) in [4.78, 5) is 14.1. The van der Waals surface area contributed by atoms with E-state index < -0.39 is 0 Å². The number of nitrogens with zero attached hydrogens (tertiary/aromatic N) is 1. The molecule has 0 saturated carbocycles. The molecule has 0 aliphatic carbocycles. The van der Waals surface area contributed by atoms with E-state index in [1.165, 1.54) is 12.5 Å². The van der Waals surface area contributed by atoms with E-state index in [0.717, 1.165) is 5.56 Å². The molecule has 1 aromatic carbocycles. The van der Waals surface area contributed by atoms with Crippen molar-refractivity contribution >= 4 is 29.1 Å². The van der Waals surface area contributed by atoms with Crippen LogP contribution in [0.1, 0.15) is 22.0 Å². The summed E-state index contributed by atoms with van der Waals surface area (Å²) in [6.45, 7) is 1.48. The molecule has 2 heterocycles. The van der Waals surface area contributed by atoms with Crippen molar-refractivity contribution in [3.8, 4) is 0 Å². The molecular weight excluding hydrogens is 313 g/mol. The first-order valence-electron chi connectivity index (χ1n) is 6.52. The average Bonchev–Trinajstić information content (AvgIpc) is 3.00. The van der Waals surface area contributed by atoms with Gasteiger partial charge in [0.05, 0.1) is 25.0 Å². The van der Waals surface area contributed by atoms with Crippen LogP contribution in [0.3, 0.4) is 0 Å². The summed E-state index contributed by atoms with van der Waals surface area (Å²) in [7, 11) is 0. The van der Waals surface area contributed by atoms with Crippen LogP contribution in [-0.4, -0.2) is 30.5 Å². The van der Waals surface area contributed by atoms with Crippen LogP contribution >= 0.6 is 23.2 Å². The zero-order valence-electron chi connectivity index (χ0n) is 11.1. The molecule has 6 heteroatoms. The standard InChI is InChI=1S/C15H13Cl2NO3/c16-12-5-11(6-13(17)7-12)14-8-18(2-4-21-14)15(19)10-1-3-20-9-10/h1,3,5-7,9,14H,2,4,8H2. The van der Waals surface area contributed by atoms with Gasteiger partial charge in [-0.25, -0.2) is 0 Å². The lowest BCUT2D eigenvalue weighted by Gasteiger charge is -2.33. The van der Waals surface area contributed by atoms with Crippen molar-refractivity contribution in [2.24, 2.45) is 0 Å². The minimum Gasteiger partial charge on any atom is -0.472 e. The molecule has 4 nitrogen and oxygen atoms in total. The zero-order chi connectivity index (χ0) is 14.8. The van der Waals surface area contributed by atoms with E-state index in [4.69, 9.17) is 32.4 Å². The Balaban J connectivity index is 1.78. The number of halogens is 2. The molecule has 1 aliphatic rings. The first-order valence-corrected chi connectivity index (χ1v) is 7.28. The lowest BCUT2D eigenvalue weighted by Crippen LogP contribution is -2.42. The molecule has 0 radical (unpaired) electrons. The Morgan fingerprint density at radius 2 is 2.00 bits per heavy atom. The van der Waals surface area contributed by atoms with Gasteiger partial charge < -0.3 is 14.1 Å². The van der Waals surface area contributed by atoms with Crippen molar-refractivity contribution in [2.45, 2.75) is 6.10 Å². The maximum atomic E-state index is 12.3. The summed E-state index contributed by atoms with van der Waals surface area (Å²) < 4.78 is 10.7. The average molecular weight is 326 g/mol. The normalized spacial score (nSPS) is 18.8. The minimum absolute atomic E-state index is 0.0647. The highest BCUT2D eigenvalue weighted by molar-refractivity contribution is 6.34. The Labute approximate surface area is 132 Å². The van der Waals surface area contributed by atoms with Gasteiger partial charge in [-0.1, -0.05) is 23.2 Å². The third kappa shape index (κ3) is 3.23. The van der Waals surface area contributed by atoms with Crippen molar-refractivity contribution in [2.75, 3.05) is 19.7 Å². The zero-order valence-corrected chi connectivity index (χ0v) is 12.6. The Morgan fingerprint density at radius 1 is 1.24 bits per heavy atom. The van der Waals surface area contributed by atoms with Crippen molar-refractivity contribution in [3.05, 3.63) is 58.0 Å². The maximum absolute atomic E-state index is 12.3. The Morgan fingerprint density at radius 3 is 2.67 bits per heavy atom. The SMILES string of the molecule is O=C(c1ccoc1)N1CCOC(c2cc(Cl)cc(Cl)c2)C1. The van der Waals surface area contributed by atoms with Crippen LogP contribution in [0.4, 0.5) is 0 Å². The molecule has 1 saturated heterocycles. The van der Waals surface area contributed by atoms with Gasteiger partial charge in [0.25, 0.3) is 5.91 Å². The Hall–Kier alpha value is -1.49. The van der Waals surface area contributed by atoms with E-state index in [1.54, 1.807) is 17.0 Å². The number of furan rings is 1. The lowest BCUT2D eigenvalue weighted by atomic mass is 10.1. The van der Waals surface area contributed by atoms with Crippen LogP contribution in [0.25, 0.3) is 0 Å². The third-order valence-electron chi connectivity index (χ3n) is 3.38. The van der Waals surface area contributed by atoms with Crippen molar-refractivity contribution in [1.82, 2.24) is 4.90 Å². The number of hydrogen-bond donors (Lipinski definition) is 0. The molecule has 1 aromatic heterocycles. The topological polar surface area (TPSA) is 42.7 Å². The molecule has 1 atom stereocenters. The van der Waals surface area contributed by atoms with E-state index in [9.17, 15) is 4.79 Å². The Bertz CT molecular complexity index is 622. The van der Waals surface area contributed by atoms with Gasteiger partial charge in [-0.05, 0) is 29.8 Å². The molecule has 110 valence electrons. The predicted molar refractivity (Wildman–Crippen MR) is 79.8 cm³/mol.